The molecular weight excluding hydrogens is 483 g/mol. The minimum atomic E-state index is -0.411. The molecule has 0 unspecified atom stereocenters. The van der Waals surface area contributed by atoms with Crippen LogP contribution >= 0.6 is 11.8 Å². The Labute approximate surface area is 227 Å². The summed E-state index contributed by atoms with van der Waals surface area (Å²) in [6, 6.07) is 12.7. The Bertz CT molecular complexity index is 1010. The van der Waals surface area contributed by atoms with Gasteiger partial charge in [-0.25, -0.2) is 4.39 Å². The number of hydrogen-bond donors (Lipinski definition) is 1. The van der Waals surface area contributed by atoms with Crippen LogP contribution < -0.4 is 10.1 Å². The van der Waals surface area contributed by atoms with Crippen molar-refractivity contribution in [3.8, 4) is 5.75 Å². The molecule has 0 saturated heterocycles. The smallest absolute Gasteiger partial charge is 0.228 e. The van der Waals surface area contributed by atoms with Gasteiger partial charge in [0.15, 0.2) is 11.6 Å². The normalized spacial score (nSPS) is 13.1. The molecule has 37 heavy (non-hydrogen) atoms. The van der Waals surface area contributed by atoms with Crippen LogP contribution in [-0.4, -0.2) is 23.3 Å². The number of carbonyl (C=O) groups is 1. The Morgan fingerprint density at radius 1 is 1.00 bits per heavy atom. The van der Waals surface area contributed by atoms with Crippen LogP contribution in [0.15, 0.2) is 53.6 Å². The highest BCUT2D eigenvalue weighted by atomic mass is 32.2. The van der Waals surface area contributed by atoms with E-state index in [0.717, 1.165) is 36.5 Å². The third kappa shape index (κ3) is 10.8. The van der Waals surface area contributed by atoms with E-state index in [1.165, 1.54) is 62.3 Å². The molecule has 0 saturated carbocycles. The summed E-state index contributed by atoms with van der Waals surface area (Å²) in [7, 11) is 0. The number of benzene rings is 2. The van der Waals surface area contributed by atoms with E-state index in [1.54, 1.807) is 12.1 Å². The number of para-hydroxylation sites is 1. The largest absolute Gasteiger partial charge is 0.490 e. The molecule has 202 valence electrons. The summed E-state index contributed by atoms with van der Waals surface area (Å²) < 4.78 is 20.4. The second-order valence-corrected chi connectivity index (χ2v) is 11.1. The number of thioether (sulfide) groups is 1. The average Bonchev–Trinajstić information content (AvgIpc) is 3.28. The molecule has 6 heteroatoms. The minimum absolute atomic E-state index is 0.0695. The molecule has 0 spiro atoms. The lowest BCUT2D eigenvalue weighted by atomic mass is 10.1. The molecule has 0 atom stereocenters. The van der Waals surface area contributed by atoms with Gasteiger partial charge in [-0.05, 0) is 42.0 Å². The van der Waals surface area contributed by atoms with Crippen LogP contribution in [0.2, 0.25) is 0 Å². The van der Waals surface area contributed by atoms with Gasteiger partial charge in [0.25, 0.3) is 0 Å². The highest BCUT2D eigenvalue weighted by Crippen LogP contribution is 2.27. The van der Waals surface area contributed by atoms with E-state index in [0.29, 0.717) is 12.2 Å². The molecule has 3 rings (SSSR count). The number of rotatable bonds is 17. The number of nitrogens with zero attached hydrogens (tertiary/aromatic N) is 1. The Morgan fingerprint density at radius 3 is 2.41 bits per heavy atom. The fraction of sp³-hybridized carbons (Fsp3) is 0.516. The number of ether oxygens (including phenoxy) is 1. The number of unbranched alkanes of at least 4 members (excludes halogenated alkanes) is 9. The summed E-state index contributed by atoms with van der Waals surface area (Å²) in [4.78, 5) is 16.4. The summed E-state index contributed by atoms with van der Waals surface area (Å²) >= 11 is 1.83. The first-order chi connectivity index (χ1) is 18.0. The summed E-state index contributed by atoms with van der Waals surface area (Å²) in [5, 5.41) is 2.97. The Balaban J connectivity index is 1.41. The van der Waals surface area contributed by atoms with E-state index in [1.807, 2.05) is 30.0 Å². The van der Waals surface area contributed by atoms with Gasteiger partial charge in [0.2, 0.25) is 5.91 Å². The molecular formula is C31H43FN2O2S. The number of carbonyl (C=O) groups excluding carboxylic acids is 1. The Morgan fingerprint density at radius 2 is 1.70 bits per heavy atom. The average molecular weight is 527 g/mol. The maximum Gasteiger partial charge on any atom is 0.228 e. The molecule has 1 heterocycles. The van der Waals surface area contributed by atoms with Crippen molar-refractivity contribution < 1.29 is 13.9 Å². The molecule has 1 N–H and O–H groups in total. The SMILES string of the molecule is CCCCCCCCCCCCOc1c(F)cccc1CC(=O)Nc1cccc(CN2C=C(C)SC2)c1. The highest BCUT2D eigenvalue weighted by Gasteiger charge is 2.15. The number of amides is 1. The van der Waals surface area contributed by atoms with Crippen LogP contribution in [0.3, 0.4) is 0 Å². The molecule has 0 fully saturated rings. The fourth-order valence-corrected chi connectivity index (χ4v) is 5.34. The molecule has 1 aliphatic heterocycles. The summed E-state index contributed by atoms with van der Waals surface area (Å²) in [5.74, 6) is 0.561. The Hall–Kier alpha value is -2.47. The topological polar surface area (TPSA) is 41.6 Å². The number of hydrogen-bond acceptors (Lipinski definition) is 4. The van der Waals surface area contributed by atoms with Gasteiger partial charge < -0.3 is 15.0 Å². The molecule has 0 bridgehead atoms. The molecule has 0 aromatic heterocycles. The first-order valence-electron chi connectivity index (χ1n) is 13.9. The molecule has 0 radical (unpaired) electrons. The van der Waals surface area contributed by atoms with E-state index in [4.69, 9.17) is 4.74 Å². The van der Waals surface area contributed by atoms with Gasteiger partial charge in [0, 0.05) is 24.0 Å². The third-order valence-electron chi connectivity index (χ3n) is 6.56. The third-order valence-corrected chi connectivity index (χ3v) is 7.58. The number of nitrogens with one attached hydrogen (secondary N) is 1. The zero-order chi connectivity index (χ0) is 26.3. The van der Waals surface area contributed by atoms with Crippen LogP contribution in [0.25, 0.3) is 0 Å². The number of allylic oxidation sites excluding steroid dienone is 1. The van der Waals surface area contributed by atoms with Crippen molar-refractivity contribution in [2.75, 3.05) is 17.8 Å². The van der Waals surface area contributed by atoms with Gasteiger partial charge in [0.05, 0.1) is 18.9 Å². The molecule has 0 aliphatic carbocycles. The van der Waals surface area contributed by atoms with Crippen molar-refractivity contribution in [1.29, 1.82) is 0 Å². The van der Waals surface area contributed by atoms with Gasteiger partial charge >= 0.3 is 0 Å². The highest BCUT2D eigenvalue weighted by molar-refractivity contribution is 8.03. The summed E-state index contributed by atoms with van der Waals surface area (Å²) in [6.45, 7) is 5.63. The van der Waals surface area contributed by atoms with Crippen LogP contribution in [0.1, 0.15) is 89.2 Å². The second-order valence-electron chi connectivity index (χ2n) is 9.94. The number of anilines is 1. The summed E-state index contributed by atoms with van der Waals surface area (Å²) in [6.07, 6.45) is 14.6. The maximum atomic E-state index is 14.5. The van der Waals surface area contributed by atoms with E-state index in [9.17, 15) is 9.18 Å². The molecule has 2 aromatic rings. The standard InChI is InChI=1S/C31H43FN2O2S/c1-3-4-5-6-7-8-9-10-11-12-19-36-31-27(16-14-18-29(31)32)21-30(35)33-28-17-13-15-26(20-28)23-34-22-25(2)37-24-34/h13-18,20,22H,3-12,19,21,23-24H2,1-2H3,(H,33,35). The van der Waals surface area contributed by atoms with Gasteiger partial charge in [-0.1, -0.05) is 89.0 Å². The molecule has 4 nitrogen and oxygen atoms in total. The maximum absolute atomic E-state index is 14.5. The van der Waals surface area contributed by atoms with Gasteiger partial charge in [0.1, 0.15) is 0 Å². The van der Waals surface area contributed by atoms with Crippen molar-refractivity contribution in [1.82, 2.24) is 4.90 Å². The lowest BCUT2D eigenvalue weighted by Crippen LogP contribution is -2.16. The van der Waals surface area contributed by atoms with E-state index in [2.05, 4.69) is 36.3 Å². The first-order valence-corrected chi connectivity index (χ1v) is 14.9. The van der Waals surface area contributed by atoms with Crippen molar-refractivity contribution in [2.24, 2.45) is 0 Å². The lowest BCUT2D eigenvalue weighted by molar-refractivity contribution is -0.115. The molecule has 2 aromatic carbocycles. The van der Waals surface area contributed by atoms with Crippen LogP contribution in [0.5, 0.6) is 5.75 Å². The first kappa shape index (κ1) is 29.1. The van der Waals surface area contributed by atoms with E-state index >= 15 is 0 Å². The lowest BCUT2D eigenvalue weighted by Gasteiger charge is -2.15. The van der Waals surface area contributed by atoms with E-state index < -0.39 is 5.82 Å². The predicted molar refractivity (Wildman–Crippen MR) is 154 cm³/mol. The zero-order valence-corrected chi connectivity index (χ0v) is 23.4. The van der Waals surface area contributed by atoms with E-state index in [-0.39, 0.29) is 18.1 Å². The van der Waals surface area contributed by atoms with Crippen LogP contribution in [0, 0.1) is 5.82 Å². The van der Waals surface area contributed by atoms with Gasteiger partial charge in [-0.15, -0.1) is 11.8 Å². The fourth-order valence-electron chi connectivity index (χ4n) is 4.59. The number of halogens is 1. The van der Waals surface area contributed by atoms with Gasteiger partial charge in [-0.3, -0.25) is 4.79 Å². The molecule has 1 amide bonds. The summed E-state index contributed by atoms with van der Waals surface area (Å²) in [5.41, 5.74) is 2.46. The monoisotopic (exact) mass is 526 g/mol. The zero-order valence-electron chi connectivity index (χ0n) is 22.6. The second kappa shape index (κ2) is 16.4. The van der Waals surface area contributed by atoms with Gasteiger partial charge in [-0.2, -0.15) is 0 Å². The minimum Gasteiger partial charge on any atom is -0.490 e. The van der Waals surface area contributed by atoms with Crippen molar-refractivity contribution in [3.05, 3.63) is 70.5 Å². The predicted octanol–water partition coefficient (Wildman–Crippen LogP) is 8.67. The van der Waals surface area contributed by atoms with Crippen LogP contribution in [-0.2, 0) is 17.8 Å². The Kier molecular flexibility index (Phi) is 12.9. The van der Waals surface area contributed by atoms with Crippen LogP contribution in [0.4, 0.5) is 10.1 Å². The quantitative estimate of drug-likeness (QED) is 0.209. The van der Waals surface area contributed by atoms with Crippen molar-refractivity contribution in [3.63, 3.8) is 0 Å². The van der Waals surface area contributed by atoms with Crippen molar-refractivity contribution in [2.45, 2.75) is 91.0 Å². The molecule has 1 aliphatic rings. The van der Waals surface area contributed by atoms with Crippen molar-refractivity contribution >= 4 is 23.4 Å².